The first-order valence-corrected chi connectivity index (χ1v) is 7.32. The second-order valence-corrected chi connectivity index (χ2v) is 6.40. The number of halogens is 1. The Labute approximate surface area is 114 Å². The molecule has 0 saturated heterocycles. The SMILES string of the molecule is CN(Cc1ccc(F)cc1)CC1C2CCC(C2)C1N. The summed E-state index contributed by atoms with van der Waals surface area (Å²) >= 11 is 0. The fraction of sp³-hybridized carbons (Fsp3) is 0.625. The van der Waals surface area contributed by atoms with Gasteiger partial charge in [0, 0.05) is 19.1 Å². The summed E-state index contributed by atoms with van der Waals surface area (Å²) in [4.78, 5) is 2.33. The van der Waals surface area contributed by atoms with Crippen LogP contribution in [0.3, 0.4) is 0 Å². The normalized spacial score (nSPS) is 33.3. The van der Waals surface area contributed by atoms with E-state index in [2.05, 4.69) is 11.9 Å². The fourth-order valence-corrected chi connectivity index (χ4v) is 4.05. The van der Waals surface area contributed by atoms with Gasteiger partial charge in [0.15, 0.2) is 0 Å². The highest BCUT2D eigenvalue weighted by Gasteiger charge is 2.45. The molecule has 2 N–H and O–H groups in total. The number of fused-ring (bicyclic) bond motifs is 2. The van der Waals surface area contributed by atoms with E-state index in [9.17, 15) is 4.39 Å². The zero-order valence-electron chi connectivity index (χ0n) is 11.6. The molecule has 0 radical (unpaired) electrons. The number of nitrogens with two attached hydrogens (primary N) is 1. The molecule has 1 aromatic rings. The number of nitrogens with zero attached hydrogens (tertiary/aromatic N) is 1. The second kappa shape index (κ2) is 5.22. The smallest absolute Gasteiger partial charge is 0.123 e. The van der Waals surface area contributed by atoms with E-state index in [4.69, 9.17) is 5.73 Å². The van der Waals surface area contributed by atoms with E-state index in [1.807, 2.05) is 12.1 Å². The molecule has 2 aliphatic rings. The number of rotatable bonds is 4. The number of hydrogen-bond acceptors (Lipinski definition) is 2. The van der Waals surface area contributed by atoms with Gasteiger partial charge in [-0.2, -0.15) is 0 Å². The molecule has 0 aromatic heterocycles. The van der Waals surface area contributed by atoms with Gasteiger partial charge in [0.05, 0.1) is 0 Å². The molecule has 2 nitrogen and oxygen atoms in total. The summed E-state index contributed by atoms with van der Waals surface area (Å²) in [6.07, 6.45) is 4.05. The van der Waals surface area contributed by atoms with Crippen LogP contribution in [0, 0.1) is 23.6 Å². The molecule has 4 atom stereocenters. The van der Waals surface area contributed by atoms with Crippen LogP contribution >= 0.6 is 0 Å². The Morgan fingerprint density at radius 3 is 2.53 bits per heavy atom. The van der Waals surface area contributed by atoms with Crippen molar-refractivity contribution in [3.8, 4) is 0 Å². The third-order valence-corrected chi connectivity index (χ3v) is 5.05. The third kappa shape index (κ3) is 2.67. The Bertz CT molecular complexity index is 429. The van der Waals surface area contributed by atoms with Gasteiger partial charge in [0.25, 0.3) is 0 Å². The Balaban J connectivity index is 1.56. The average Bonchev–Trinajstić information content (AvgIpc) is 2.96. The molecule has 2 saturated carbocycles. The number of hydrogen-bond donors (Lipinski definition) is 1. The summed E-state index contributed by atoms with van der Waals surface area (Å²) in [6, 6.07) is 7.20. The van der Waals surface area contributed by atoms with Crippen LogP contribution in [0.1, 0.15) is 24.8 Å². The molecule has 1 aromatic carbocycles. The topological polar surface area (TPSA) is 29.3 Å². The van der Waals surface area contributed by atoms with E-state index in [0.717, 1.165) is 24.9 Å². The third-order valence-electron chi connectivity index (χ3n) is 5.05. The summed E-state index contributed by atoms with van der Waals surface area (Å²) in [5, 5.41) is 0. The Morgan fingerprint density at radius 1 is 1.21 bits per heavy atom. The van der Waals surface area contributed by atoms with Crippen molar-refractivity contribution >= 4 is 0 Å². The van der Waals surface area contributed by atoms with E-state index < -0.39 is 0 Å². The molecule has 4 unspecified atom stereocenters. The Morgan fingerprint density at radius 2 is 1.89 bits per heavy atom. The van der Waals surface area contributed by atoms with Gasteiger partial charge in [0.2, 0.25) is 0 Å². The molecule has 104 valence electrons. The van der Waals surface area contributed by atoms with Crippen LogP contribution in [0.15, 0.2) is 24.3 Å². The lowest BCUT2D eigenvalue weighted by Crippen LogP contribution is -2.41. The molecule has 2 bridgehead atoms. The Hall–Kier alpha value is -0.930. The van der Waals surface area contributed by atoms with Gasteiger partial charge in [0.1, 0.15) is 5.82 Å². The van der Waals surface area contributed by atoms with Crippen LogP contribution in [0.5, 0.6) is 0 Å². The predicted octanol–water partition coefficient (Wildman–Crippen LogP) is 2.63. The van der Waals surface area contributed by atoms with Crippen molar-refractivity contribution in [3.63, 3.8) is 0 Å². The lowest BCUT2D eigenvalue weighted by atomic mass is 9.84. The molecule has 0 heterocycles. The number of benzene rings is 1. The average molecular weight is 262 g/mol. The quantitative estimate of drug-likeness (QED) is 0.904. The van der Waals surface area contributed by atoms with E-state index in [1.165, 1.54) is 37.0 Å². The van der Waals surface area contributed by atoms with Gasteiger partial charge < -0.3 is 10.6 Å². The van der Waals surface area contributed by atoms with E-state index >= 15 is 0 Å². The van der Waals surface area contributed by atoms with Crippen molar-refractivity contribution in [2.45, 2.75) is 31.8 Å². The second-order valence-electron chi connectivity index (χ2n) is 6.40. The highest BCUT2D eigenvalue weighted by atomic mass is 19.1. The Kier molecular flexibility index (Phi) is 3.59. The first-order valence-electron chi connectivity index (χ1n) is 7.32. The molecule has 0 aliphatic heterocycles. The maximum absolute atomic E-state index is 12.9. The van der Waals surface area contributed by atoms with E-state index in [-0.39, 0.29) is 5.82 Å². The monoisotopic (exact) mass is 262 g/mol. The summed E-state index contributed by atoms with van der Waals surface area (Å²) in [6.45, 7) is 1.95. The van der Waals surface area contributed by atoms with Gasteiger partial charge in [-0.15, -0.1) is 0 Å². The molecule has 3 heteroatoms. The van der Waals surface area contributed by atoms with Gasteiger partial charge in [-0.25, -0.2) is 4.39 Å². The van der Waals surface area contributed by atoms with Crippen molar-refractivity contribution in [1.82, 2.24) is 4.90 Å². The molecule has 2 aliphatic carbocycles. The standard InChI is InChI=1S/C16H23FN2/c1-19(9-11-2-6-14(17)7-3-11)10-15-12-4-5-13(8-12)16(15)18/h2-3,6-7,12-13,15-16H,4-5,8-10,18H2,1H3. The summed E-state index contributed by atoms with van der Waals surface area (Å²) < 4.78 is 12.9. The van der Waals surface area contributed by atoms with Crippen LogP contribution in [-0.4, -0.2) is 24.5 Å². The first kappa shape index (κ1) is 13.1. The zero-order chi connectivity index (χ0) is 13.4. The molecule has 0 spiro atoms. The highest BCUT2D eigenvalue weighted by Crippen LogP contribution is 2.47. The van der Waals surface area contributed by atoms with Gasteiger partial charge >= 0.3 is 0 Å². The molecular weight excluding hydrogens is 239 g/mol. The molecule has 2 fully saturated rings. The molecule has 19 heavy (non-hydrogen) atoms. The largest absolute Gasteiger partial charge is 0.327 e. The van der Waals surface area contributed by atoms with Crippen molar-refractivity contribution in [2.75, 3.05) is 13.6 Å². The minimum atomic E-state index is -0.165. The van der Waals surface area contributed by atoms with Crippen LogP contribution < -0.4 is 5.73 Å². The van der Waals surface area contributed by atoms with E-state index in [1.54, 1.807) is 0 Å². The van der Waals surface area contributed by atoms with Crippen LogP contribution in [0.4, 0.5) is 4.39 Å². The van der Waals surface area contributed by atoms with Crippen LogP contribution in [-0.2, 0) is 6.54 Å². The first-order chi connectivity index (χ1) is 9.13. The predicted molar refractivity (Wildman–Crippen MR) is 75.0 cm³/mol. The van der Waals surface area contributed by atoms with Crippen molar-refractivity contribution in [2.24, 2.45) is 23.5 Å². The maximum Gasteiger partial charge on any atom is 0.123 e. The van der Waals surface area contributed by atoms with Crippen LogP contribution in [0.2, 0.25) is 0 Å². The summed E-state index contributed by atoms with van der Waals surface area (Å²) in [7, 11) is 2.14. The van der Waals surface area contributed by atoms with Gasteiger partial charge in [-0.1, -0.05) is 12.1 Å². The van der Waals surface area contributed by atoms with Crippen molar-refractivity contribution in [1.29, 1.82) is 0 Å². The summed E-state index contributed by atoms with van der Waals surface area (Å²) in [5.74, 6) is 2.11. The van der Waals surface area contributed by atoms with Gasteiger partial charge in [-0.3, -0.25) is 0 Å². The zero-order valence-corrected chi connectivity index (χ0v) is 11.6. The summed E-state index contributed by atoms with van der Waals surface area (Å²) in [5.41, 5.74) is 7.52. The highest BCUT2D eigenvalue weighted by molar-refractivity contribution is 5.15. The van der Waals surface area contributed by atoms with Crippen molar-refractivity contribution < 1.29 is 4.39 Å². The van der Waals surface area contributed by atoms with Crippen LogP contribution in [0.25, 0.3) is 0 Å². The minimum absolute atomic E-state index is 0.165. The molecular formula is C16H23FN2. The fourth-order valence-electron chi connectivity index (χ4n) is 4.05. The minimum Gasteiger partial charge on any atom is -0.327 e. The lowest BCUT2D eigenvalue weighted by Gasteiger charge is -2.31. The van der Waals surface area contributed by atoms with E-state index in [0.29, 0.717) is 12.0 Å². The lowest BCUT2D eigenvalue weighted by molar-refractivity contribution is 0.194. The van der Waals surface area contributed by atoms with Crippen molar-refractivity contribution in [3.05, 3.63) is 35.6 Å². The van der Waals surface area contributed by atoms with Gasteiger partial charge in [-0.05, 0) is 61.8 Å². The molecule has 0 amide bonds. The maximum atomic E-state index is 12.9. The molecule has 3 rings (SSSR count).